The number of terminal acetylenes is 1. The molecule has 0 saturated carbocycles. The summed E-state index contributed by atoms with van der Waals surface area (Å²) in [7, 11) is -1.98. The van der Waals surface area contributed by atoms with Crippen LogP contribution in [0.5, 0.6) is 5.75 Å². The normalized spacial score (nSPS) is 15.8. The van der Waals surface area contributed by atoms with Crippen LogP contribution in [0.2, 0.25) is 0 Å². The lowest BCUT2D eigenvalue weighted by Gasteiger charge is -2.19. The van der Waals surface area contributed by atoms with Crippen molar-refractivity contribution >= 4 is 37.5 Å². The van der Waals surface area contributed by atoms with Crippen molar-refractivity contribution in [3.8, 4) is 18.1 Å². The molecule has 0 bridgehead atoms. The molecule has 0 aliphatic carbocycles. The van der Waals surface area contributed by atoms with Gasteiger partial charge in [0.25, 0.3) is 5.91 Å². The molecular formula is C24H25N3O4S2. The van der Waals surface area contributed by atoms with E-state index in [1.54, 1.807) is 11.7 Å². The quantitative estimate of drug-likeness (QED) is 0.519. The van der Waals surface area contributed by atoms with Gasteiger partial charge in [0, 0.05) is 18.7 Å². The standard InChI is InChI=1S/C24H25N3O4S2/c1-3-14-27-21-13-10-19(31-2)17-22(21)32-24(27)25-23(28)18-8-11-20(12-9-18)33(29,30)26-15-6-4-5-7-16-26/h1,8-13,17H,4-7,14-16H2,2H3. The van der Waals surface area contributed by atoms with Gasteiger partial charge < -0.3 is 9.30 Å². The Morgan fingerprint density at radius 2 is 1.82 bits per heavy atom. The van der Waals surface area contributed by atoms with E-state index in [1.165, 1.54) is 39.9 Å². The smallest absolute Gasteiger partial charge is 0.279 e. The van der Waals surface area contributed by atoms with Crippen molar-refractivity contribution in [2.24, 2.45) is 4.99 Å². The van der Waals surface area contributed by atoms with Crippen LogP contribution in [0.1, 0.15) is 36.0 Å². The number of ether oxygens (including phenoxy) is 1. The molecule has 1 saturated heterocycles. The largest absolute Gasteiger partial charge is 0.497 e. The summed E-state index contributed by atoms with van der Waals surface area (Å²) in [6.07, 6.45) is 9.36. The van der Waals surface area contributed by atoms with Crippen molar-refractivity contribution in [3.63, 3.8) is 0 Å². The Hall–Kier alpha value is -2.93. The minimum absolute atomic E-state index is 0.192. The number of hydrogen-bond acceptors (Lipinski definition) is 5. The van der Waals surface area contributed by atoms with Crippen LogP contribution in [-0.2, 0) is 16.6 Å². The number of rotatable bonds is 5. The zero-order chi connectivity index (χ0) is 23.4. The lowest BCUT2D eigenvalue weighted by atomic mass is 10.2. The van der Waals surface area contributed by atoms with E-state index >= 15 is 0 Å². The molecule has 0 radical (unpaired) electrons. The van der Waals surface area contributed by atoms with Crippen molar-refractivity contribution in [3.05, 3.63) is 52.8 Å². The Morgan fingerprint density at radius 1 is 1.12 bits per heavy atom. The number of thiazole rings is 1. The first-order valence-corrected chi connectivity index (χ1v) is 13.0. The number of hydrogen-bond donors (Lipinski definition) is 0. The summed E-state index contributed by atoms with van der Waals surface area (Å²) < 4.78 is 35.4. The summed E-state index contributed by atoms with van der Waals surface area (Å²) in [5.41, 5.74) is 1.18. The van der Waals surface area contributed by atoms with Gasteiger partial charge >= 0.3 is 0 Å². The van der Waals surface area contributed by atoms with Crippen molar-refractivity contribution in [1.29, 1.82) is 0 Å². The third kappa shape index (κ3) is 4.88. The highest BCUT2D eigenvalue weighted by Gasteiger charge is 2.25. The van der Waals surface area contributed by atoms with E-state index in [2.05, 4.69) is 10.9 Å². The SMILES string of the molecule is C#CCn1c(=NC(=O)c2ccc(S(=O)(=O)N3CCCCCC3)cc2)sc2cc(OC)ccc21. The monoisotopic (exact) mass is 483 g/mol. The Kier molecular flexibility index (Phi) is 6.98. The Bertz CT molecular complexity index is 1370. The highest BCUT2D eigenvalue weighted by atomic mass is 32.2. The van der Waals surface area contributed by atoms with E-state index in [0.29, 0.717) is 29.2 Å². The van der Waals surface area contributed by atoms with E-state index in [1.807, 2.05) is 18.2 Å². The van der Waals surface area contributed by atoms with E-state index in [4.69, 9.17) is 11.2 Å². The molecule has 1 fully saturated rings. The van der Waals surface area contributed by atoms with Crippen LogP contribution in [0.25, 0.3) is 10.2 Å². The fraction of sp³-hybridized carbons (Fsp3) is 0.333. The molecule has 1 aliphatic rings. The van der Waals surface area contributed by atoms with Gasteiger partial charge in [0.1, 0.15) is 5.75 Å². The van der Waals surface area contributed by atoms with E-state index in [9.17, 15) is 13.2 Å². The van der Waals surface area contributed by atoms with Crippen molar-refractivity contribution in [2.75, 3.05) is 20.2 Å². The molecule has 1 aromatic heterocycles. The maximum absolute atomic E-state index is 13.0. The molecule has 0 unspecified atom stereocenters. The molecule has 1 aliphatic heterocycles. The molecule has 172 valence electrons. The summed E-state index contributed by atoms with van der Waals surface area (Å²) >= 11 is 1.34. The number of amides is 1. The van der Waals surface area contributed by atoms with Crippen LogP contribution in [0.4, 0.5) is 0 Å². The van der Waals surface area contributed by atoms with E-state index < -0.39 is 15.9 Å². The first-order valence-electron chi connectivity index (χ1n) is 10.7. The van der Waals surface area contributed by atoms with Gasteiger partial charge in [-0.25, -0.2) is 8.42 Å². The van der Waals surface area contributed by atoms with Crippen LogP contribution >= 0.6 is 11.3 Å². The van der Waals surface area contributed by atoms with Crippen LogP contribution < -0.4 is 9.54 Å². The molecule has 2 aromatic carbocycles. The maximum atomic E-state index is 13.0. The average Bonchev–Trinajstić information content (AvgIpc) is 2.98. The van der Waals surface area contributed by atoms with Crippen LogP contribution in [0.3, 0.4) is 0 Å². The van der Waals surface area contributed by atoms with Gasteiger partial charge in [-0.3, -0.25) is 4.79 Å². The molecule has 0 spiro atoms. The van der Waals surface area contributed by atoms with Crippen LogP contribution in [0.15, 0.2) is 52.4 Å². The zero-order valence-corrected chi connectivity index (χ0v) is 20.0. The van der Waals surface area contributed by atoms with Gasteiger partial charge in [0.15, 0.2) is 4.80 Å². The number of aromatic nitrogens is 1. The average molecular weight is 484 g/mol. The highest BCUT2D eigenvalue weighted by molar-refractivity contribution is 7.89. The molecule has 1 amide bonds. The fourth-order valence-electron chi connectivity index (χ4n) is 3.86. The Labute approximate surface area is 197 Å². The Balaban J connectivity index is 1.64. The van der Waals surface area contributed by atoms with Gasteiger partial charge in [-0.1, -0.05) is 30.1 Å². The predicted octanol–water partition coefficient (Wildman–Crippen LogP) is 3.65. The molecule has 9 heteroatoms. The van der Waals surface area contributed by atoms with Crippen molar-refractivity contribution in [1.82, 2.24) is 8.87 Å². The molecule has 0 atom stereocenters. The van der Waals surface area contributed by atoms with Crippen molar-refractivity contribution in [2.45, 2.75) is 37.1 Å². The maximum Gasteiger partial charge on any atom is 0.279 e. The second-order valence-corrected chi connectivity index (χ2v) is 10.7. The third-order valence-corrected chi connectivity index (χ3v) is 8.59. The lowest BCUT2D eigenvalue weighted by molar-refractivity contribution is 0.0998. The summed E-state index contributed by atoms with van der Waals surface area (Å²) in [4.78, 5) is 17.8. The number of fused-ring (bicyclic) bond motifs is 1. The number of methoxy groups -OCH3 is 1. The summed E-state index contributed by atoms with van der Waals surface area (Å²) in [6, 6.07) is 11.6. The molecule has 4 rings (SSSR count). The zero-order valence-electron chi connectivity index (χ0n) is 18.4. The number of carbonyl (C=O) groups is 1. The number of sulfonamides is 1. The molecule has 33 heavy (non-hydrogen) atoms. The van der Waals surface area contributed by atoms with Crippen LogP contribution in [0, 0.1) is 12.3 Å². The van der Waals surface area contributed by atoms with Gasteiger partial charge in [0.05, 0.1) is 28.8 Å². The fourth-order valence-corrected chi connectivity index (χ4v) is 6.44. The number of nitrogens with zero attached hydrogens (tertiary/aromatic N) is 3. The molecule has 7 nitrogen and oxygen atoms in total. The van der Waals surface area contributed by atoms with E-state index in [0.717, 1.165) is 35.9 Å². The van der Waals surface area contributed by atoms with Crippen molar-refractivity contribution < 1.29 is 17.9 Å². The van der Waals surface area contributed by atoms with Gasteiger partial charge in [-0.15, -0.1) is 6.42 Å². The second kappa shape index (κ2) is 9.91. The van der Waals surface area contributed by atoms with Gasteiger partial charge in [-0.2, -0.15) is 9.30 Å². The van der Waals surface area contributed by atoms with Crippen LogP contribution in [-0.4, -0.2) is 43.4 Å². The predicted molar refractivity (Wildman–Crippen MR) is 129 cm³/mol. The molecular weight excluding hydrogens is 458 g/mol. The topological polar surface area (TPSA) is 81.0 Å². The summed E-state index contributed by atoms with van der Waals surface area (Å²) in [5.74, 6) is 2.84. The Morgan fingerprint density at radius 3 is 2.45 bits per heavy atom. The summed E-state index contributed by atoms with van der Waals surface area (Å²) in [5, 5.41) is 0. The third-order valence-electron chi connectivity index (χ3n) is 5.64. The lowest BCUT2D eigenvalue weighted by Crippen LogP contribution is -2.31. The molecule has 3 aromatic rings. The van der Waals surface area contributed by atoms with E-state index in [-0.39, 0.29) is 11.4 Å². The number of benzene rings is 2. The summed E-state index contributed by atoms with van der Waals surface area (Å²) in [6.45, 7) is 1.33. The van der Waals surface area contributed by atoms with Gasteiger partial charge in [0.2, 0.25) is 10.0 Å². The first-order chi connectivity index (χ1) is 15.9. The minimum atomic E-state index is -3.57. The number of carbonyl (C=O) groups excluding carboxylic acids is 1. The first kappa shape index (κ1) is 23.2. The highest BCUT2D eigenvalue weighted by Crippen LogP contribution is 2.24. The molecule has 2 heterocycles. The van der Waals surface area contributed by atoms with Gasteiger partial charge in [-0.05, 0) is 55.3 Å². The second-order valence-electron chi connectivity index (χ2n) is 7.77. The molecule has 0 N–H and O–H groups in total. The minimum Gasteiger partial charge on any atom is -0.497 e.